The van der Waals surface area contributed by atoms with Gasteiger partial charge >= 0.3 is 6.09 Å². The van der Waals surface area contributed by atoms with Crippen LogP contribution in [0.4, 0.5) is 10.5 Å². The van der Waals surface area contributed by atoms with Gasteiger partial charge < -0.3 is 20.3 Å². The van der Waals surface area contributed by atoms with E-state index in [1.54, 1.807) is 25.7 Å². The van der Waals surface area contributed by atoms with Crippen LogP contribution >= 0.6 is 0 Å². The van der Waals surface area contributed by atoms with E-state index in [4.69, 9.17) is 4.74 Å². The number of hydrogen-bond donors (Lipinski definition) is 2. The Morgan fingerprint density at radius 3 is 2.19 bits per heavy atom. The summed E-state index contributed by atoms with van der Waals surface area (Å²) < 4.78 is 5.60. The van der Waals surface area contributed by atoms with Crippen LogP contribution in [0.5, 0.6) is 0 Å². The van der Waals surface area contributed by atoms with Gasteiger partial charge in [0.2, 0.25) is 5.91 Å². The molecular formula is C41H51N3O4. The average molecular weight is 650 g/mol. The molecule has 0 bridgehead atoms. The van der Waals surface area contributed by atoms with Gasteiger partial charge in [-0.1, -0.05) is 111 Å². The molecule has 48 heavy (non-hydrogen) atoms. The number of fused-ring (bicyclic) bond motifs is 1. The number of carbonyl (C=O) groups is 3. The standard InChI is InChI=1S/C41H51N3O4/c1-7-8-9-10-16-26-44(39(46)36(27-31-19-12-11-13-20-31)43-40(47)48-41(4,5)6)37(35-23-17-18-29(2)30(35)3)38(45)42-34-25-24-32-21-14-15-22-33(32)28-34/h11-15,17-25,28,36-37H,7-10,16,26-27H2,1-6H3,(H,42,45)(H,43,47). The largest absolute Gasteiger partial charge is 0.444 e. The lowest BCUT2D eigenvalue weighted by Gasteiger charge is -2.35. The van der Waals surface area contributed by atoms with Gasteiger partial charge in [0.25, 0.3) is 5.91 Å². The number of aryl methyl sites for hydroxylation is 1. The zero-order valence-electron chi connectivity index (χ0n) is 29.3. The van der Waals surface area contributed by atoms with E-state index >= 15 is 0 Å². The molecule has 0 fully saturated rings. The van der Waals surface area contributed by atoms with E-state index in [0.717, 1.165) is 65.1 Å². The predicted octanol–water partition coefficient (Wildman–Crippen LogP) is 9.07. The van der Waals surface area contributed by atoms with Gasteiger partial charge in [0.1, 0.15) is 17.7 Å². The Hall–Kier alpha value is -4.65. The quantitative estimate of drug-likeness (QED) is 0.133. The van der Waals surface area contributed by atoms with Gasteiger partial charge in [-0.25, -0.2) is 4.79 Å². The van der Waals surface area contributed by atoms with E-state index < -0.39 is 23.8 Å². The molecule has 2 unspecified atom stereocenters. The normalized spacial score (nSPS) is 12.6. The summed E-state index contributed by atoms with van der Waals surface area (Å²) in [6.45, 7) is 11.9. The van der Waals surface area contributed by atoms with Crippen molar-refractivity contribution in [2.24, 2.45) is 0 Å². The Labute approximate surface area is 286 Å². The molecule has 7 heteroatoms. The molecule has 0 aliphatic rings. The first kappa shape index (κ1) is 36.2. The highest BCUT2D eigenvalue weighted by atomic mass is 16.6. The maximum absolute atomic E-state index is 14.9. The fraction of sp³-hybridized carbons (Fsp3) is 0.390. The molecule has 4 rings (SSSR count). The Kier molecular flexibility index (Phi) is 12.8. The topological polar surface area (TPSA) is 87.7 Å². The van der Waals surface area contributed by atoms with Crippen molar-refractivity contribution < 1.29 is 19.1 Å². The van der Waals surface area contributed by atoms with Crippen LogP contribution in [0, 0.1) is 13.8 Å². The summed E-state index contributed by atoms with van der Waals surface area (Å²) in [4.78, 5) is 44.3. The Bertz CT molecular complexity index is 1680. The Morgan fingerprint density at radius 1 is 0.792 bits per heavy atom. The number of rotatable bonds is 14. The molecule has 0 saturated heterocycles. The summed E-state index contributed by atoms with van der Waals surface area (Å²) in [5.74, 6) is -0.642. The summed E-state index contributed by atoms with van der Waals surface area (Å²) in [6.07, 6.45) is 4.46. The molecule has 254 valence electrons. The van der Waals surface area contributed by atoms with Gasteiger partial charge in [-0.05, 0) is 86.2 Å². The van der Waals surface area contributed by atoms with Gasteiger partial charge in [0.15, 0.2) is 0 Å². The molecule has 2 N–H and O–H groups in total. The highest BCUT2D eigenvalue weighted by Crippen LogP contribution is 2.30. The average Bonchev–Trinajstić information content (AvgIpc) is 3.04. The van der Waals surface area contributed by atoms with Gasteiger partial charge in [0.05, 0.1) is 0 Å². The lowest BCUT2D eigenvalue weighted by atomic mass is 9.94. The van der Waals surface area contributed by atoms with Crippen LogP contribution in [-0.4, -0.2) is 41.0 Å². The highest BCUT2D eigenvalue weighted by Gasteiger charge is 2.37. The van der Waals surface area contributed by atoms with Crippen molar-refractivity contribution in [3.8, 4) is 0 Å². The number of ether oxygens (including phenoxy) is 1. The lowest BCUT2D eigenvalue weighted by Crippen LogP contribution is -2.53. The van der Waals surface area contributed by atoms with Crippen LogP contribution in [0.2, 0.25) is 0 Å². The molecule has 4 aromatic rings. The van der Waals surface area contributed by atoms with Crippen LogP contribution in [0.15, 0.2) is 91.0 Å². The van der Waals surface area contributed by atoms with E-state index in [1.165, 1.54) is 0 Å². The second-order valence-electron chi connectivity index (χ2n) is 13.6. The van der Waals surface area contributed by atoms with E-state index in [1.807, 2.05) is 105 Å². The molecule has 0 aromatic heterocycles. The van der Waals surface area contributed by atoms with E-state index in [0.29, 0.717) is 12.2 Å². The van der Waals surface area contributed by atoms with E-state index in [-0.39, 0.29) is 18.2 Å². The van der Waals surface area contributed by atoms with Gasteiger partial charge in [-0.3, -0.25) is 9.59 Å². The van der Waals surface area contributed by atoms with Crippen molar-refractivity contribution in [3.63, 3.8) is 0 Å². The van der Waals surface area contributed by atoms with Crippen molar-refractivity contribution in [1.82, 2.24) is 10.2 Å². The van der Waals surface area contributed by atoms with E-state index in [9.17, 15) is 14.4 Å². The molecular weight excluding hydrogens is 598 g/mol. The third kappa shape index (κ3) is 10.2. The minimum absolute atomic E-state index is 0.247. The maximum Gasteiger partial charge on any atom is 0.408 e. The number of nitrogens with zero attached hydrogens (tertiary/aromatic N) is 1. The minimum Gasteiger partial charge on any atom is -0.444 e. The van der Waals surface area contributed by atoms with Crippen LogP contribution in [0.3, 0.4) is 0 Å². The van der Waals surface area contributed by atoms with Crippen molar-refractivity contribution in [2.75, 3.05) is 11.9 Å². The van der Waals surface area contributed by atoms with Crippen molar-refractivity contribution in [1.29, 1.82) is 0 Å². The molecule has 7 nitrogen and oxygen atoms in total. The molecule has 0 saturated carbocycles. The zero-order valence-corrected chi connectivity index (χ0v) is 29.3. The summed E-state index contributed by atoms with van der Waals surface area (Å²) in [5.41, 5.74) is 3.52. The first-order valence-electron chi connectivity index (χ1n) is 17.2. The summed E-state index contributed by atoms with van der Waals surface area (Å²) in [7, 11) is 0. The van der Waals surface area contributed by atoms with Crippen molar-refractivity contribution in [2.45, 2.75) is 97.8 Å². The van der Waals surface area contributed by atoms with Crippen LogP contribution in [0.25, 0.3) is 10.8 Å². The summed E-state index contributed by atoms with van der Waals surface area (Å²) >= 11 is 0. The maximum atomic E-state index is 14.9. The molecule has 0 heterocycles. The number of hydrogen-bond acceptors (Lipinski definition) is 4. The van der Waals surface area contributed by atoms with Crippen LogP contribution in [0.1, 0.15) is 88.1 Å². The third-order valence-corrected chi connectivity index (χ3v) is 8.58. The minimum atomic E-state index is -0.959. The first-order chi connectivity index (χ1) is 23.0. The zero-order chi connectivity index (χ0) is 34.7. The Morgan fingerprint density at radius 2 is 1.48 bits per heavy atom. The molecule has 0 aliphatic carbocycles. The molecule has 0 spiro atoms. The number of anilines is 1. The second-order valence-corrected chi connectivity index (χ2v) is 13.6. The van der Waals surface area contributed by atoms with E-state index in [2.05, 4.69) is 17.6 Å². The SMILES string of the molecule is CCCCCCCN(C(=O)C(Cc1ccccc1)NC(=O)OC(C)(C)C)C(C(=O)Nc1ccc2ccccc2c1)c1cccc(C)c1C. The number of nitrogens with one attached hydrogen (secondary N) is 2. The summed E-state index contributed by atoms with van der Waals surface area (Å²) in [6, 6.07) is 27.4. The first-order valence-corrected chi connectivity index (χ1v) is 17.2. The van der Waals surface area contributed by atoms with Crippen molar-refractivity contribution >= 4 is 34.4 Å². The second kappa shape index (κ2) is 17.0. The number of alkyl carbamates (subject to hydrolysis) is 1. The predicted molar refractivity (Wildman–Crippen MR) is 195 cm³/mol. The highest BCUT2D eigenvalue weighted by molar-refractivity contribution is 6.00. The van der Waals surface area contributed by atoms with Gasteiger partial charge in [-0.15, -0.1) is 0 Å². The van der Waals surface area contributed by atoms with Gasteiger partial charge in [-0.2, -0.15) is 0 Å². The molecule has 0 aliphatic heterocycles. The lowest BCUT2D eigenvalue weighted by molar-refractivity contribution is -0.140. The molecule has 4 aromatic carbocycles. The molecule has 3 amide bonds. The smallest absolute Gasteiger partial charge is 0.408 e. The molecule has 0 radical (unpaired) electrons. The fourth-order valence-corrected chi connectivity index (χ4v) is 5.95. The monoisotopic (exact) mass is 649 g/mol. The van der Waals surface area contributed by atoms with Crippen LogP contribution in [-0.2, 0) is 20.7 Å². The van der Waals surface area contributed by atoms with Gasteiger partial charge in [0, 0.05) is 18.7 Å². The fourth-order valence-electron chi connectivity index (χ4n) is 5.95. The number of carbonyl (C=O) groups excluding carboxylic acids is 3. The van der Waals surface area contributed by atoms with Crippen LogP contribution < -0.4 is 10.6 Å². The Balaban J connectivity index is 1.77. The third-order valence-electron chi connectivity index (χ3n) is 8.58. The summed E-state index contributed by atoms with van der Waals surface area (Å²) in [5, 5.41) is 8.09. The van der Waals surface area contributed by atoms with Crippen molar-refractivity contribution in [3.05, 3.63) is 113 Å². The number of unbranched alkanes of at least 4 members (excludes halogenated alkanes) is 4. The number of benzene rings is 4. The molecule has 2 atom stereocenters. The number of amides is 3.